The van der Waals surface area contributed by atoms with Gasteiger partial charge in [0.05, 0.1) is 4.90 Å². The lowest BCUT2D eigenvalue weighted by Crippen LogP contribution is -2.29. The lowest BCUT2D eigenvalue weighted by Gasteiger charge is -2.16. The Kier molecular flexibility index (Phi) is 6.55. The van der Waals surface area contributed by atoms with Crippen LogP contribution in [0.15, 0.2) is 47.6 Å². The monoisotopic (exact) mass is 418 g/mol. The predicted octanol–water partition coefficient (Wildman–Crippen LogP) is 1.12. The zero-order chi connectivity index (χ0) is 20.9. The molecule has 0 amide bonds. The van der Waals surface area contributed by atoms with Crippen LogP contribution in [-0.4, -0.2) is 67.7 Å². The molecule has 2 aromatic rings. The largest absolute Gasteiger partial charge is 0.456 e. The Labute approximate surface area is 169 Å². The van der Waals surface area contributed by atoms with E-state index in [1.54, 1.807) is 25.5 Å². The maximum atomic E-state index is 12.5. The Morgan fingerprint density at radius 3 is 2.34 bits per heavy atom. The van der Waals surface area contributed by atoms with Crippen LogP contribution in [0.4, 0.5) is 5.95 Å². The first-order valence-electron chi connectivity index (χ1n) is 9.15. The van der Waals surface area contributed by atoms with E-state index in [0.717, 1.165) is 12.8 Å². The van der Waals surface area contributed by atoms with Gasteiger partial charge in [0.15, 0.2) is 12.4 Å². The summed E-state index contributed by atoms with van der Waals surface area (Å²) in [5.41, 5.74) is 0.276. The fraction of sp³-hybridized carbons (Fsp3) is 0.368. The van der Waals surface area contributed by atoms with E-state index in [1.165, 1.54) is 33.5 Å². The van der Waals surface area contributed by atoms with Crippen molar-refractivity contribution < 1.29 is 22.7 Å². The number of anilines is 1. The van der Waals surface area contributed by atoms with Crippen LogP contribution in [0.25, 0.3) is 0 Å². The number of rotatable bonds is 8. The Morgan fingerprint density at radius 2 is 1.72 bits per heavy atom. The van der Waals surface area contributed by atoms with Crippen molar-refractivity contribution in [3.63, 3.8) is 0 Å². The number of benzene rings is 1. The molecule has 3 rings (SSSR count). The highest BCUT2D eigenvalue weighted by molar-refractivity contribution is 7.89. The Balaban J connectivity index is 1.53. The molecule has 9 nitrogen and oxygen atoms in total. The molecule has 10 heteroatoms. The summed E-state index contributed by atoms with van der Waals surface area (Å²) in [5, 5.41) is 0. The third-order valence-electron chi connectivity index (χ3n) is 4.50. The zero-order valence-corrected chi connectivity index (χ0v) is 16.8. The molecule has 0 atom stereocenters. The van der Waals surface area contributed by atoms with Crippen LogP contribution in [0, 0.1) is 0 Å². The van der Waals surface area contributed by atoms with Crippen molar-refractivity contribution in [3.8, 4) is 0 Å². The van der Waals surface area contributed by atoms with Gasteiger partial charge in [-0.2, -0.15) is 4.31 Å². The number of likely N-dealkylation sites (N-methyl/N-ethyl adjacent to an activating group) is 1. The summed E-state index contributed by atoms with van der Waals surface area (Å²) < 4.78 is 31.5. The number of carbonyl (C=O) groups is 2. The van der Waals surface area contributed by atoms with Gasteiger partial charge in [0.25, 0.3) is 0 Å². The van der Waals surface area contributed by atoms with Gasteiger partial charge in [0, 0.05) is 38.1 Å². The highest BCUT2D eigenvalue weighted by atomic mass is 32.2. The highest BCUT2D eigenvalue weighted by Crippen LogP contribution is 2.21. The number of sulfonamides is 1. The molecule has 0 N–H and O–H groups in total. The highest BCUT2D eigenvalue weighted by Gasteiger charge is 2.27. The Hall–Kier alpha value is -2.85. The molecule has 1 aromatic heterocycles. The van der Waals surface area contributed by atoms with E-state index in [2.05, 4.69) is 9.97 Å². The molecule has 1 aliphatic heterocycles. The summed E-state index contributed by atoms with van der Waals surface area (Å²) in [5.74, 6) is -0.644. The summed E-state index contributed by atoms with van der Waals surface area (Å²) in [4.78, 5) is 33.9. The summed E-state index contributed by atoms with van der Waals surface area (Å²) in [6, 6.07) is 7.34. The van der Waals surface area contributed by atoms with Gasteiger partial charge in [-0.1, -0.05) is 0 Å². The number of ether oxygens (including phenoxy) is 1. The number of nitrogens with zero attached hydrogens (tertiary/aromatic N) is 4. The molecule has 0 unspecified atom stereocenters. The van der Waals surface area contributed by atoms with Crippen LogP contribution in [0.5, 0.6) is 0 Å². The van der Waals surface area contributed by atoms with Gasteiger partial charge in [-0.3, -0.25) is 9.59 Å². The van der Waals surface area contributed by atoms with Crippen LogP contribution in [0.2, 0.25) is 0 Å². The van der Waals surface area contributed by atoms with E-state index in [0.29, 0.717) is 19.0 Å². The Morgan fingerprint density at radius 1 is 1.10 bits per heavy atom. The number of hydrogen-bond acceptors (Lipinski definition) is 8. The van der Waals surface area contributed by atoms with E-state index >= 15 is 0 Å². The van der Waals surface area contributed by atoms with Crippen molar-refractivity contribution in [2.75, 3.05) is 38.2 Å². The number of Topliss-reactive ketones (excluding diaryl/α,β-unsaturated/α-hetero) is 1. The van der Waals surface area contributed by atoms with Crippen LogP contribution >= 0.6 is 0 Å². The quantitative estimate of drug-likeness (QED) is 0.463. The molecule has 29 heavy (non-hydrogen) atoms. The van der Waals surface area contributed by atoms with E-state index in [-0.39, 0.29) is 17.0 Å². The summed E-state index contributed by atoms with van der Waals surface area (Å²) in [7, 11) is -1.89. The van der Waals surface area contributed by atoms with Gasteiger partial charge in [-0.25, -0.2) is 18.4 Å². The minimum atomic E-state index is -3.53. The average molecular weight is 418 g/mol. The van der Waals surface area contributed by atoms with Gasteiger partial charge in [0.1, 0.15) is 6.54 Å². The number of hydrogen-bond donors (Lipinski definition) is 0. The average Bonchev–Trinajstić information content (AvgIpc) is 3.28. The van der Waals surface area contributed by atoms with Crippen molar-refractivity contribution >= 4 is 27.7 Å². The van der Waals surface area contributed by atoms with E-state index in [9.17, 15) is 18.0 Å². The summed E-state index contributed by atoms with van der Waals surface area (Å²) >= 11 is 0. The number of ketones is 1. The molecule has 0 aliphatic carbocycles. The Bertz CT molecular complexity index is 958. The second-order valence-electron chi connectivity index (χ2n) is 6.62. The molecule has 154 valence electrons. The van der Waals surface area contributed by atoms with Crippen molar-refractivity contribution in [3.05, 3.63) is 48.3 Å². The molecule has 1 aromatic carbocycles. The molecule has 1 saturated heterocycles. The second kappa shape index (κ2) is 9.10. The van der Waals surface area contributed by atoms with Crippen LogP contribution in [0.1, 0.15) is 23.2 Å². The van der Waals surface area contributed by atoms with E-state index < -0.39 is 28.4 Å². The third-order valence-corrected chi connectivity index (χ3v) is 6.42. The maximum Gasteiger partial charge on any atom is 0.326 e. The fourth-order valence-corrected chi connectivity index (χ4v) is 4.44. The first-order valence-corrected chi connectivity index (χ1v) is 10.6. The van der Waals surface area contributed by atoms with Gasteiger partial charge in [-0.05, 0) is 43.2 Å². The molecule has 0 saturated carbocycles. The van der Waals surface area contributed by atoms with Gasteiger partial charge < -0.3 is 9.64 Å². The van der Waals surface area contributed by atoms with Gasteiger partial charge in [0.2, 0.25) is 16.0 Å². The van der Waals surface area contributed by atoms with Crippen molar-refractivity contribution in [1.82, 2.24) is 14.3 Å². The van der Waals surface area contributed by atoms with Gasteiger partial charge in [-0.15, -0.1) is 0 Å². The SMILES string of the molecule is CN(CC(=O)OCC(=O)c1ccc(S(=O)(=O)N2CCCC2)cc1)c1ncccn1. The van der Waals surface area contributed by atoms with Crippen molar-refractivity contribution in [2.45, 2.75) is 17.7 Å². The molecule has 2 heterocycles. The second-order valence-corrected chi connectivity index (χ2v) is 8.56. The van der Waals surface area contributed by atoms with Crippen molar-refractivity contribution in [1.29, 1.82) is 0 Å². The molecule has 0 radical (unpaired) electrons. The van der Waals surface area contributed by atoms with E-state index in [4.69, 9.17) is 4.74 Å². The first kappa shape index (κ1) is 20.9. The fourth-order valence-electron chi connectivity index (χ4n) is 2.92. The maximum absolute atomic E-state index is 12.5. The first-order chi connectivity index (χ1) is 13.9. The molecule has 1 fully saturated rings. The third kappa shape index (κ3) is 5.15. The predicted molar refractivity (Wildman–Crippen MR) is 105 cm³/mol. The minimum absolute atomic E-state index is 0.107. The lowest BCUT2D eigenvalue weighted by molar-refractivity contribution is -0.140. The standard InChI is InChI=1S/C19H22N4O5S/c1-22(19-20-9-4-10-21-19)13-18(25)28-14-17(24)15-5-7-16(8-6-15)29(26,27)23-11-2-3-12-23/h4-10H,2-3,11-14H2,1H3. The summed E-state index contributed by atoms with van der Waals surface area (Å²) in [6.07, 6.45) is 4.82. The van der Waals surface area contributed by atoms with E-state index in [1.807, 2.05) is 0 Å². The van der Waals surface area contributed by atoms with Gasteiger partial charge >= 0.3 is 5.97 Å². The molecular weight excluding hydrogens is 396 g/mol. The molecule has 1 aliphatic rings. The molecule has 0 spiro atoms. The smallest absolute Gasteiger partial charge is 0.326 e. The van der Waals surface area contributed by atoms with Crippen LogP contribution < -0.4 is 4.90 Å². The summed E-state index contributed by atoms with van der Waals surface area (Å²) in [6.45, 7) is 0.494. The lowest BCUT2D eigenvalue weighted by atomic mass is 10.1. The van der Waals surface area contributed by atoms with Crippen molar-refractivity contribution in [2.24, 2.45) is 0 Å². The molecular formula is C19H22N4O5S. The van der Waals surface area contributed by atoms with Crippen LogP contribution in [-0.2, 0) is 19.6 Å². The molecule has 0 bridgehead atoms. The zero-order valence-electron chi connectivity index (χ0n) is 16.0. The minimum Gasteiger partial charge on any atom is -0.456 e. The normalized spacial score (nSPS) is 14.5. The topological polar surface area (TPSA) is 110 Å². The number of aromatic nitrogens is 2. The van der Waals surface area contributed by atoms with Crippen LogP contribution in [0.3, 0.4) is 0 Å². The number of esters is 1. The number of carbonyl (C=O) groups excluding carboxylic acids is 2.